The molecule has 0 bridgehead atoms. The number of carbonyl (C=O) groups is 1. The van der Waals surface area contributed by atoms with Crippen molar-refractivity contribution in [3.05, 3.63) is 29.8 Å². The lowest BCUT2D eigenvalue weighted by molar-refractivity contribution is -0.904. The molecule has 2 heterocycles. The molecule has 0 aromatic heterocycles. The summed E-state index contributed by atoms with van der Waals surface area (Å²) >= 11 is 0. The summed E-state index contributed by atoms with van der Waals surface area (Å²) in [7, 11) is -3.58. The van der Waals surface area contributed by atoms with Crippen LogP contribution in [0, 0.1) is 17.2 Å². The highest BCUT2D eigenvalue weighted by Gasteiger charge is 2.32. The standard InChI is InChI=1S/C21H30N4O3S/c22-17-18-5-7-20(8-6-18)29(27,28)25-15-9-19(10-16-25)21(26)23-11-4-14-24-12-2-1-3-13-24/h5-8,19H,1-4,9-16H2,(H,23,26)/p+1. The summed E-state index contributed by atoms with van der Waals surface area (Å²) in [5.74, 6) is -0.0705. The van der Waals surface area contributed by atoms with Crippen molar-refractivity contribution in [3.8, 4) is 6.07 Å². The minimum absolute atomic E-state index is 0.0501. The molecule has 2 aliphatic heterocycles. The molecule has 0 spiro atoms. The summed E-state index contributed by atoms with van der Waals surface area (Å²) in [5.41, 5.74) is 0.432. The summed E-state index contributed by atoms with van der Waals surface area (Å²) < 4.78 is 27.0. The van der Waals surface area contributed by atoms with E-state index >= 15 is 0 Å². The number of amides is 1. The quantitative estimate of drug-likeness (QED) is 0.631. The molecule has 8 heteroatoms. The average Bonchev–Trinajstić information content (AvgIpc) is 2.77. The van der Waals surface area contributed by atoms with Gasteiger partial charge in [-0.25, -0.2) is 8.42 Å². The van der Waals surface area contributed by atoms with Crippen LogP contribution in [-0.2, 0) is 14.8 Å². The smallest absolute Gasteiger partial charge is 0.243 e. The molecule has 7 nitrogen and oxygen atoms in total. The Morgan fingerprint density at radius 2 is 1.79 bits per heavy atom. The van der Waals surface area contributed by atoms with Crippen molar-refractivity contribution >= 4 is 15.9 Å². The van der Waals surface area contributed by atoms with Gasteiger partial charge in [0.15, 0.2) is 0 Å². The summed E-state index contributed by atoms with van der Waals surface area (Å²) in [4.78, 5) is 14.3. The molecule has 0 radical (unpaired) electrons. The van der Waals surface area contributed by atoms with Crippen molar-refractivity contribution in [2.24, 2.45) is 5.92 Å². The zero-order chi connectivity index (χ0) is 20.7. The number of carbonyl (C=O) groups excluding carboxylic acids is 1. The van der Waals surface area contributed by atoms with Crippen molar-refractivity contribution in [1.82, 2.24) is 9.62 Å². The fourth-order valence-corrected chi connectivity index (χ4v) is 5.67. The van der Waals surface area contributed by atoms with E-state index in [-0.39, 0.29) is 16.7 Å². The zero-order valence-electron chi connectivity index (χ0n) is 16.9. The van der Waals surface area contributed by atoms with Gasteiger partial charge >= 0.3 is 0 Å². The molecule has 0 saturated carbocycles. The minimum atomic E-state index is -3.58. The Bertz CT molecular complexity index is 818. The van der Waals surface area contributed by atoms with Crippen molar-refractivity contribution < 1.29 is 18.1 Å². The Morgan fingerprint density at radius 3 is 2.41 bits per heavy atom. The number of nitriles is 1. The molecule has 1 aromatic carbocycles. The Labute approximate surface area is 173 Å². The fourth-order valence-electron chi connectivity index (χ4n) is 4.20. The number of rotatable bonds is 7. The molecular weight excluding hydrogens is 388 g/mol. The molecule has 2 saturated heterocycles. The Kier molecular flexibility index (Phi) is 7.64. The number of piperidine rings is 2. The number of likely N-dealkylation sites (tertiary alicyclic amines) is 1. The van der Waals surface area contributed by atoms with Gasteiger partial charge in [-0.05, 0) is 56.4 Å². The van der Waals surface area contributed by atoms with Gasteiger partial charge in [0.25, 0.3) is 0 Å². The maximum absolute atomic E-state index is 12.8. The number of benzene rings is 1. The number of sulfonamides is 1. The topological polar surface area (TPSA) is 94.7 Å². The maximum Gasteiger partial charge on any atom is 0.243 e. The molecule has 2 N–H and O–H groups in total. The first-order valence-electron chi connectivity index (χ1n) is 10.6. The van der Waals surface area contributed by atoms with Gasteiger partial charge in [-0.1, -0.05) is 0 Å². The van der Waals surface area contributed by atoms with Gasteiger partial charge in [0.05, 0.1) is 36.2 Å². The van der Waals surface area contributed by atoms with Crippen LogP contribution in [0.2, 0.25) is 0 Å². The molecule has 29 heavy (non-hydrogen) atoms. The third-order valence-electron chi connectivity index (χ3n) is 6.01. The first-order chi connectivity index (χ1) is 14.0. The highest BCUT2D eigenvalue weighted by atomic mass is 32.2. The van der Waals surface area contributed by atoms with Crippen LogP contribution in [0.15, 0.2) is 29.2 Å². The van der Waals surface area contributed by atoms with Crippen LogP contribution in [-0.4, -0.2) is 57.9 Å². The van der Waals surface area contributed by atoms with Gasteiger partial charge in [-0.2, -0.15) is 9.57 Å². The second kappa shape index (κ2) is 10.2. The number of quaternary nitrogens is 1. The second-order valence-corrected chi connectivity index (χ2v) is 9.96. The summed E-state index contributed by atoms with van der Waals surface area (Å²) in [6.45, 7) is 5.00. The number of nitrogens with one attached hydrogen (secondary N) is 2. The van der Waals surface area contributed by atoms with Crippen LogP contribution >= 0.6 is 0 Å². The van der Waals surface area contributed by atoms with E-state index in [0.29, 0.717) is 38.0 Å². The SMILES string of the molecule is N#Cc1ccc(S(=O)(=O)N2CCC(C(=O)NCCC[NH+]3CCCCC3)CC2)cc1. The van der Waals surface area contributed by atoms with Crippen LogP contribution in [0.1, 0.15) is 44.1 Å². The molecule has 2 fully saturated rings. The lowest BCUT2D eigenvalue weighted by atomic mass is 9.97. The van der Waals surface area contributed by atoms with Gasteiger partial charge in [0.1, 0.15) is 0 Å². The van der Waals surface area contributed by atoms with Gasteiger partial charge in [0.2, 0.25) is 15.9 Å². The van der Waals surface area contributed by atoms with Gasteiger partial charge in [0, 0.05) is 32.0 Å². The number of nitrogens with zero attached hydrogens (tertiary/aromatic N) is 2. The van der Waals surface area contributed by atoms with Crippen LogP contribution in [0.25, 0.3) is 0 Å². The highest BCUT2D eigenvalue weighted by Crippen LogP contribution is 2.24. The molecule has 3 rings (SSSR count). The first kappa shape index (κ1) is 21.8. The van der Waals surface area contributed by atoms with Crippen molar-refractivity contribution in [1.29, 1.82) is 5.26 Å². The minimum Gasteiger partial charge on any atom is -0.356 e. The zero-order valence-corrected chi connectivity index (χ0v) is 17.7. The van der Waals surface area contributed by atoms with E-state index < -0.39 is 10.0 Å². The van der Waals surface area contributed by atoms with E-state index in [1.54, 1.807) is 4.90 Å². The summed E-state index contributed by atoms with van der Waals surface area (Å²) in [6, 6.07) is 7.95. The van der Waals surface area contributed by atoms with E-state index in [2.05, 4.69) is 5.32 Å². The second-order valence-electron chi connectivity index (χ2n) is 8.02. The third-order valence-corrected chi connectivity index (χ3v) is 7.93. The fraction of sp³-hybridized carbons (Fsp3) is 0.619. The Balaban J connectivity index is 1.41. The normalized spacial score (nSPS) is 19.6. The predicted molar refractivity (Wildman–Crippen MR) is 110 cm³/mol. The van der Waals surface area contributed by atoms with Crippen LogP contribution in [0.3, 0.4) is 0 Å². The molecular formula is C21H31N4O3S+. The van der Waals surface area contributed by atoms with Gasteiger partial charge < -0.3 is 10.2 Å². The molecule has 2 aliphatic rings. The average molecular weight is 420 g/mol. The van der Waals surface area contributed by atoms with Crippen molar-refractivity contribution in [2.75, 3.05) is 39.3 Å². The molecule has 1 aromatic rings. The van der Waals surface area contributed by atoms with Gasteiger partial charge in [-0.3, -0.25) is 4.79 Å². The molecule has 1 amide bonds. The molecule has 0 aliphatic carbocycles. The monoisotopic (exact) mass is 419 g/mol. The van der Waals surface area contributed by atoms with Crippen LogP contribution in [0.4, 0.5) is 0 Å². The van der Waals surface area contributed by atoms with Gasteiger partial charge in [-0.15, -0.1) is 0 Å². The first-order valence-corrected chi connectivity index (χ1v) is 12.1. The van der Waals surface area contributed by atoms with Crippen LogP contribution < -0.4 is 10.2 Å². The van der Waals surface area contributed by atoms with Crippen LogP contribution in [0.5, 0.6) is 0 Å². The van der Waals surface area contributed by atoms with E-state index in [1.807, 2.05) is 6.07 Å². The molecule has 158 valence electrons. The van der Waals surface area contributed by atoms with Crippen molar-refractivity contribution in [3.63, 3.8) is 0 Å². The van der Waals surface area contributed by atoms with E-state index in [0.717, 1.165) is 13.0 Å². The molecule has 0 unspecified atom stereocenters. The number of hydrogen-bond acceptors (Lipinski definition) is 4. The third kappa shape index (κ3) is 5.78. The Hall–Kier alpha value is -1.95. The van der Waals surface area contributed by atoms with Crippen molar-refractivity contribution in [2.45, 2.75) is 43.4 Å². The highest BCUT2D eigenvalue weighted by molar-refractivity contribution is 7.89. The summed E-state index contributed by atoms with van der Waals surface area (Å²) in [5, 5.41) is 11.9. The van der Waals surface area contributed by atoms with E-state index in [1.165, 1.54) is 60.9 Å². The molecule has 0 atom stereocenters. The van der Waals surface area contributed by atoms with E-state index in [9.17, 15) is 13.2 Å². The number of hydrogen-bond donors (Lipinski definition) is 2. The largest absolute Gasteiger partial charge is 0.356 e. The maximum atomic E-state index is 12.8. The predicted octanol–water partition coefficient (Wildman–Crippen LogP) is 0.534. The Morgan fingerprint density at radius 1 is 1.14 bits per heavy atom. The lowest BCUT2D eigenvalue weighted by Gasteiger charge is -2.30. The summed E-state index contributed by atoms with van der Waals surface area (Å²) in [6.07, 6.45) is 6.04. The lowest BCUT2D eigenvalue weighted by Crippen LogP contribution is -3.12. The van der Waals surface area contributed by atoms with E-state index in [4.69, 9.17) is 5.26 Å².